The summed E-state index contributed by atoms with van der Waals surface area (Å²) in [6, 6.07) is 7.01. The monoisotopic (exact) mass is 211 g/mol. The zero-order chi connectivity index (χ0) is 10.6. The quantitative estimate of drug-likeness (QED) is 0.779. The van der Waals surface area contributed by atoms with Gasteiger partial charge in [-0.3, -0.25) is 0 Å². The predicted octanol–water partition coefficient (Wildman–Crippen LogP) is 2.04. The average Bonchev–Trinajstić information content (AvgIpc) is 2.20. The first-order valence-corrected chi connectivity index (χ1v) is 4.43. The number of nitriles is 1. The fraction of sp³-hybridized carbons (Fsp3) is 0.300. The molecule has 0 aliphatic heterocycles. The van der Waals surface area contributed by atoms with Crippen molar-refractivity contribution in [3.05, 3.63) is 34.3 Å². The van der Waals surface area contributed by atoms with Crippen LogP contribution in [0.15, 0.2) is 18.2 Å². The smallest absolute Gasteiger partial charge is 0.180 e. The van der Waals surface area contributed by atoms with Gasteiger partial charge in [0, 0.05) is 17.7 Å². The summed E-state index contributed by atoms with van der Waals surface area (Å²) in [6.07, 6.45) is -0.703. The van der Waals surface area contributed by atoms with Gasteiger partial charge < -0.3 is 9.84 Å². The van der Waals surface area contributed by atoms with Gasteiger partial charge in [0.1, 0.15) is 0 Å². The van der Waals surface area contributed by atoms with Crippen LogP contribution in [0.2, 0.25) is 5.02 Å². The Bertz CT molecular complexity index is 360. The molecule has 0 aliphatic rings. The molecule has 0 fully saturated rings. The van der Waals surface area contributed by atoms with Gasteiger partial charge in [0.05, 0.1) is 12.5 Å². The van der Waals surface area contributed by atoms with Crippen LogP contribution < -0.4 is 0 Å². The highest BCUT2D eigenvalue weighted by atomic mass is 35.5. The summed E-state index contributed by atoms with van der Waals surface area (Å²) in [5.74, 6) is 0. The summed E-state index contributed by atoms with van der Waals surface area (Å²) in [5, 5.41) is 18.3. The summed E-state index contributed by atoms with van der Waals surface area (Å²) < 4.78 is 4.72. The van der Waals surface area contributed by atoms with Crippen LogP contribution in [0.4, 0.5) is 0 Å². The molecule has 0 heterocycles. The summed E-state index contributed by atoms with van der Waals surface area (Å²) in [5.41, 5.74) is 1.33. The Kier molecular flexibility index (Phi) is 3.90. The first-order valence-electron chi connectivity index (χ1n) is 4.05. The van der Waals surface area contributed by atoms with Crippen LogP contribution in [0.5, 0.6) is 0 Å². The molecule has 3 nitrogen and oxygen atoms in total. The zero-order valence-electron chi connectivity index (χ0n) is 7.70. The van der Waals surface area contributed by atoms with Crippen LogP contribution in [-0.4, -0.2) is 12.2 Å². The second-order valence-electron chi connectivity index (χ2n) is 2.77. The van der Waals surface area contributed by atoms with Gasteiger partial charge in [0.25, 0.3) is 0 Å². The summed E-state index contributed by atoms with van der Waals surface area (Å²) >= 11 is 5.89. The topological polar surface area (TPSA) is 53.2 Å². The molecule has 4 heteroatoms. The summed E-state index contributed by atoms with van der Waals surface area (Å²) in [6.45, 7) is 0. The van der Waals surface area contributed by atoms with Crippen molar-refractivity contribution in [2.45, 2.75) is 12.7 Å². The van der Waals surface area contributed by atoms with E-state index in [1.807, 2.05) is 6.07 Å². The van der Waals surface area contributed by atoms with Gasteiger partial charge in [0.15, 0.2) is 6.29 Å². The Hall–Kier alpha value is -1.08. The SMILES string of the molecule is COC(O)c1ccc(CC#N)c(Cl)c1. The average molecular weight is 212 g/mol. The van der Waals surface area contributed by atoms with E-state index in [0.29, 0.717) is 10.6 Å². The molecule has 1 unspecified atom stereocenters. The van der Waals surface area contributed by atoms with E-state index in [1.54, 1.807) is 18.2 Å². The first kappa shape index (κ1) is 11.0. The van der Waals surface area contributed by atoms with E-state index < -0.39 is 6.29 Å². The minimum Gasteiger partial charge on any atom is -0.364 e. The fourth-order valence-electron chi connectivity index (χ4n) is 1.08. The summed E-state index contributed by atoms with van der Waals surface area (Å²) in [7, 11) is 1.40. The van der Waals surface area contributed by atoms with Crippen molar-refractivity contribution < 1.29 is 9.84 Å². The standard InChI is InChI=1S/C10H10ClNO2/c1-14-10(13)8-3-2-7(4-5-12)9(11)6-8/h2-3,6,10,13H,4H2,1H3. The van der Waals surface area contributed by atoms with Gasteiger partial charge in [-0.1, -0.05) is 23.7 Å². The van der Waals surface area contributed by atoms with Crippen LogP contribution in [0.25, 0.3) is 0 Å². The highest BCUT2D eigenvalue weighted by Crippen LogP contribution is 2.22. The molecule has 1 N–H and O–H groups in total. The lowest BCUT2D eigenvalue weighted by Crippen LogP contribution is -1.99. The van der Waals surface area contributed by atoms with Crippen molar-refractivity contribution in [2.75, 3.05) is 7.11 Å². The molecular formula is C10H10ClNO2. The molecule has 0 radical (unpaired) electrons. The van der Waals surface area contributed by atoms with Crippen LogP contribution in [-0.2, 0) is 11.2 Å². The van der Waals surface area contributed by atoms with Gasteiger partial charge in [0.2, 0.25) is 0 Å². The number of nitrogens with zero attached hydrogens (tertiary/aromatic N) is 1. The molecule has 1 aromatic rings. The number of halogens is 1. The second kappa shape index (κ2) is 4.97. The summed E-state index contributed by atoms with van der Waals surface area (Å²) in [4.78, 5) is 0. The normalized spacial score (nSPS) is 12.1. The van der Waals surface area contributed by atoms with Crippen molar-refractivity contribution in [3.63, 3.8) is 0 Å². The number of aliphatic hydroxyl groups is 1. The van der Waals surface area contributed by atoms with Gasteiger partial charge >= 0.3 is 0 Å². The Morgan fingerprint density at radius 3 is 2.86 bits per heavy atom. The zero-order valence-corrected chi connectivity index (χ0v) is 8.45. The van der Waals surface area contributed by atoms with Gasteiger partial charge in [-0.2, -0.15) is 5.26 Å². The van der Waals surface area contributed by atoms with E-state index in [1.165, 1.54) is 7.11 Å². The number of hydrogen-bond acceptors (Lipinski definition) is 3. The molecule has 0 spiro atoms. The third kappa shape index (κ3) is 2.46. The maximum absolute atomic E-state index is 9.33. The van der Waals surface area contributed by atoms with Crippen LogP contribution >= 0.6 is 11.6 Å². The molecule has 0 amide bonds. The Morgan fingerprint density at radius 2 is 2.36 bits per heavy atom. The largest absolute Gasteiger partial charge is 0.364 e. The number of aliphatic hydroxyl groups excluding tert-OH is 1. The molecule has 74 valence electrons. The van der Waals surface area contributed by atoms with E-state index >= 15 is 0 Å². The van der Waals surface area contributed by atoms with Crippen molar-refractivity contribution in [1.82, 2.24) is 0 Å². The molecule has 0 aromatic heterocycles. The molecule has 1 atom stereocenters. The molecule has 1 rings (SSSR count). The molecular weight excluding hydrogens is 202 g/mol. The molecule has 0 aliphatic carbocycles. The predicted molar refractivity (Wildman–Crippen MR) is 52.7 cm³/mol. The highest BCUT2D eigenvalue weighted by molar-refractivity contribution is 6.31. The van der Waals surface area contributed by atoms with E-state index in [4.69, 9.17) is 21.6 Å². The minimum atomic E-state index is -0.969. The van der Waals surface area contributed by atoms with Crippen LogP contribution in [0.3, 0.4) is 0 Å². The minimum absolute atomic E-state index is 0.266. The second-order valence-corrected chi connectivity index (χ2v) is 3.18. The number of benzene rings is 1. The molecule has 1 aromatic carbocycles. The lowest BCUT2D eigenvalue weighted by molar-refractivity contribution is -0.0769. The van der Waals surface area contributed by atoms with Gasteiger partial charge in [-0.05, 0) is 11.6 Å². The van der Waals surface area contributed by atoms with Crippen molar-refractivity contribution >= 4 is 11.6 Å². The van der Waals surface area contributed by atoms with E-state index in [0.717, 1.165) is 5.56 Å². The lowest BCUT2D eigenvalue weighted by Gasteiger charge is -2.09. The fourth-order valence-corrected chi connectivity index (χ4v) is 1.34. The van der Waals surface area contributed by atoms with Crippen molar-refractivity contribution in [2.24, 2.45) is 0 Å². The van der Waals surface area contributed by atoms with E-state index in [2.05, 4.69) is 0 Å². The molecule has 0 saturated carbocycles. The number of ether oxygens (including phenoxy) is 1. The van der Waals surface area contributed by atoms with Crippen LogP contribution in [0, 0.1) is 11.3 Å². The molecule has 14 heavy (non-hydrogen) atoms. The van der Waals surface area contributed by atoms with Gasteiger partial charge in [-0.15, -0.1) is 0 Å². The third-order valence-electron chi connectivity index (χ3n) is 1.86. The van der Waals surface area contributed by atoms with Gasteiger partial charge in [-0.25, -0.2) is 0 Å². The number of methoxy groups -OCH3 is 1. The third-order valence-corrected chi connectivity index (χ3v) is 2.21. The maximum atomic E-state index is 9.33. The Morgan fingerprint density at radius 1 is 1.64 bits per heavy atom. The number of rotatable bonds is 3. The van der Waals surface area contributed by atoms with E-state index in [9.17, 15) is 5.11 Å². The molecule has 0 bridgehead atoms. The molecule has 0 saturated heterocycles. The lowest BCUT2D eigenvalue weighted by atomic mass is 10.1. The van der Waals surface area contributed by atoms with Crippen molar-refractivity contribution in [1.29, 1.82) is 5.26 Å². The van der Waals surface area contributed by atoms with Crippen molar-refractivity contribution in [3.8, 4) is 6.07 Å². The Balaban J connectivity index is 2.95. The van der Waals surface area contributed by atoms with Crippen LogP contribution in [0.1, 0.15) is 17.4 Å². The first-order chi connectivity index (χ1) is 6.69. The van der Waals surface area contributed by atoms with E-state index in [-0.39, 0.29) is 6.42 Å². The maximum Gasteiger partial charge on any atom is 0.180 e. The Labute approximate surface area is 87.5 Å². The number of hydrogen-bond donors (Lipinski definition) is 1. The highest BCUT2D eigenvalue weighted by Gasteiger charge is 2.08.